The highest BCUT2D eigenvalue weighted by molar-refractivity contribution is 7.99. The van der Waals surface area contributed by atoms with Crippen LogP contribution >= 0.6 is 23.4 Å². The molecule has 2 N–H and O–H groups in total. The molecule has 0 saturated carbocycles. The number of nitrogens with zero attached hydrogens (tertiary/aromatic N) is 4. The summed E-state index contributed by atoms with van der Waals surface area (Å²) in [4.78, 5) is 16.8. The van der Waals surface area contributed by atoms with Crippen LogP contribution in [0.15, 0.2) is 51.2 Å². The summed E-state index contributed by atoms with van der Waals surface area (Å²) in [7, 11) is 0. The second kappa shape index (κ2) is 8.67. The number of aryl methyl sites for hydroxylation is 1. The molecule has 4 heterocycles. The van der Waals surface area contributed by atoms with Crippen LogP contribution in [0.1, 0.15) is 25.5 Å². The molecule has 0 bridgehead atoms. The average molecular weight is 472 g/mol. The number of ether oxygens (including phenoxy) is 1. The number of nitrogens with two attached hydrogens (primary N) is 1. The SMILES string of the molecule is Cc1coc(-c2cccc(Sc3cnc(N4CCC5(CC4)CO[C@@H](C)[C@H]5N)cn3)c2Cl)n1. The van der Waals surface area contributed by atoms with E-state index in [0.717, 1.165) is 59.5 Å². The fourth-order valence-electron chi connectivity index (χ4n) is 4.52. The third-order valence-electron chi connectivity index (χ3n) is 6.57. The third kappa shape index (κ3) is 4.01. The molecule has 9 heteroatoms. The van der Waals surface area contributed by atoms with Crippen molar-refractivity contribution in [3.63, 3.8) is 0 Å². The monoisotopic (exact) mass is 471 g/mol. The molecule has 0 amide bonds. The molecule has 7 nitrogen and oxygen atoms in total. The molecule has 2 saturated heterocycles. The first-order valence-corrected chi connectivity index (χ1v) is 12.0. The van der Waals surface area contributed by atoms with Crippen LogP contribution < -0.4 is 10.6 Å². The van der Waals surface area contributed by atoms with Crippen molar-refractivity contribution >= 4 is 29.2 Å². The van der Waals surface area contributed by atoms with Crippen LogP contribution in [-0.4, -0.2) is 46.8 Å². The van der Waals surface area contributed by atoms with Gasteiger partial charge in [-0.05, 0) is 38.8 Å². The number of hydrogen-bond acceptors (Lipinski definition) is 8. The minimum atomic E-state index is 0.0995. The van der Waals surface area contributed by atoms with Crippen LogP contribution in [0.2, 0.25) is 5.02 Å². The normalized spacial score (nSPS) is 22.6. The van der Waals surface area contributed by atoms with E-state index < -0.39 is 0 Å². The second-order valence-electron chi connectivity index (χ2n) is 8.62. The minimum absolute atomic E-state index is 0.0995. The summed E-state index contributed by atoms with van der Waals surface area (Å²) in [6.45, 7) is 6.54. The number of rotatable bonds is 4. The third-order valence-corrected chi connectivity index (χ3v) is 8.07. The Morgan fingerprint density at radius 2 is 2.03 bits per heavy atom. The quantitative estimate of drug-likeness (QED) is 0.591. The zero-order valence-corrected chi connectivity index (χ0v) is 19.7. The number of hydrogen-bond donors (Lipinski definition) is 1. The molecule has 0 aliphatic carbocycles. The van der Waals surface area contributed by atoms with Crippen LogP contribution in [0.25, 0.3) is 11.5 Å². The van der Waals surface area contributed by atoms with Crippen LogP contribution in [0.5, 0.6) is 0 Å². The van der Waals surface area contributed by atoms with Crippen molar-refractivity contribution < 1.29 is 9.15 Å². The number of anilines is 1. The van der Waals surface area contributed by atoms with Gasteiger partial charge in [-0.1, -0.05) is 29.4 Å². The van der Waals surface area contributed by atoms with E-state index >= 15 is 0 Å². The summed E-state index contributed by atoms with van der Waals surface area (Å²) in [6, 6.07) is 5.90. The van der Waals surface area contributed by atoms with Crippen molar-refractivity contribution in [2.24, 2.45) is 11.1 Å². The van der Waals surface area contributed by atoms with Crippen LogP contribution in [0.4, 0.5) is 5.82 Å². The molecule has 0 radical (unpaired) electrons. The maximum atomic E-state index is 6.64. The number of piperidine rings is 1. The Labute approximate surface area is 196 Å². The van der Waals surface area contributed by atoms with E-state index in [0.29, 0.717) is 10.9 Å². The Hall–Kier alpha value is -2.13. The summed E-state index contributed by atoms with van der Waals surface area (Å²) >= 11 is 8.11. The van der Waals surface area contributed by atoms with Gasteiger partial charge >= 0.3 is 0 Å². The van der Waals surface area contributed by atoms with Gasteiger partial charge in [0, 0.05) is 29.4 Å². The molecule has 0 unspecified atom stereocenters. The van der Waals surface area contributed by atoms with Crippen molar-refractivity contribution in [2.75, 3.05) is 24.6 Å². The van der Waals surface area contributed by atoms with Crippen molar-refractivity contribution in [3.8, 4) is 11.5 Å². The van der Waals surface area contributed by atoms with Crippen molar-refractivity contribution in [3.05, 3.63) is 47.6 Å². The van der Waals surface area contributed by atoms with E-state index in [4.69, 9.17) is 26.5 Å². The lowest BCUT2D eigenvalue weighted by atomic mass is 9.73. The first kappa shape index (κ1) is 21.7. The van der Waals surface area contributed by atoms with Crippen molar-refractivity contribution in [2.45, 2.75) is 48.8 Å². The first-order chi connectivity index (χ1) is 15.4. The molecular formula is C23H26ClN5O2S. The Balaban J connectivity index is 1.26. The summed E-state index contributed by atoms with van der Waals surface area (Å²) in [5.41, 5.74) is 8.11. The lowest BCUT2D eigenvalue weighted by Crippen LogP contribution is -2.50. The van der Waals surface area contributed by atoms with E-state index in [2.05, 4.69) is 26.8 Å². The first-order valence-electron chi connectivity index (χ1n) is 10.8. The molecular weight excluding hydrogens is 446 g/mol. The maximum Gasteiger partial charge on any atom is 0.227 e. The highest BCUT2D eigenvalue weighted by Gasteiger charge is 2.47. The van der Waals surface area contributed by atoms with Gasteiger partial charge in [0.2, 0.25) is 5.89 Å². The van der Waals surface area contributed by atoms with Gasteiger partial charge in [-0.3, -0.25) is 0 Å². The van der Waals surface area contributed by atoms with Gasteiger partial charge in [0.25, 0.3) is 0 Å². The zero-order valence-electron chi connectivity index (χ0n) is 18.1. The Kier molecular flexibility index (Phi) is 5.88. The Morgan fingerprint density at radius 1 is 1.22 bits per heavy atom. The standard InChI is InChI=1S/C23H26ClN5O2S/c1-14-12-30-22(28-14)16-4-3-5-17(20(16)24)32-19-11-26-18(10-27-19)29-8-6-23(7-9-29)13-31-15(2)21(23)25/h3-5,10-12,15,21H,6-9,13,25H2,1-2H3/t15-,21+/m0/s1. The summed E-state index contributed by atoms with van der Waals surface area (Å²) < 4.78 is 11.3. The molecule has 2 aliphatic rings. The Bertz CT molecular complexity index is 1100. The van der Waals surface area contributed by atoms with Crippen LogP contribution in [0.3, 0.4) is 0 Å². The van der Waals surface area contributed by atoms with Gasteiger partial charge < -0.3 is 19.8 Å². The lowest BCUT2D eigenvalue weighted by Gasteiger charge is -2.41. The van der Waals surface area contributed by atoms with E-state index in [9.17, 15) is 0 Å². The average Bonchev–Trinajstić information content (AvgIpc) is 3.35. The molecule has 2 aliphatic heterocycles. The molecule has 2 atom stereocenters. The minimum Gasteiger partial charge on any atom is -0.444 e. The topological polar surface area (TPSA) is 90.3 Å². The fourth-order valence-corrected chi connectivity index (χ4v) is 5.63. The highest BCUT2D eigenvalue weighted by Crippen LogP contribution is 2.42. The number of oxazole rings is 1. The van der Waals surface area contributed by atoms with Crippen molar-refractivity contribution in [1.82, 2.24) is 15.0 Å². The van der Waals surface area contributed by atoms with Gasteiger partial charge in [0.05, 0.1) is 41.4 Å². The predicted molar refractivity (Wildman–Crippen MR) is 125 cm³/mol. The predicted octanol–water partition coefficient (Wildman–Crippen LogP) is 4.58. The molecule has 5 rings (SSSR count). The highest BCUT2D eigenvalue weighted by atomic mass is 35.5. The van der Waals surface area contributed by atoms with E-state index in [1.165, 1.54) is 11.8 Å². The zero-order chi connectivity index (χ0) is 22.3. The Morgan fingerprint density at radius 3 is 2.66 bits per heavy atom. The summed E-state index contributed by atoms with van der Waals surface area (Å²) in [5, 5.41) is 1.38. The number of aromatic nitrogens is 3. The smallest absolute Gasteiger partial charge is 0.227 e. The molecule has 2 aromatic heterocycles. The molecule has 1 spiro atoms. The number of benzene rings is 1. The van der Waals surface area contributed by atoms with Gasteiger partial charge in [-0.15, -0.1) is 0 Å². The van der Waals surface area contributed by atoms with Gasteiger partial charge in [0.1, 0.15) is 17.1 Å². The molecule has 2 fully saturated rings. The van der Waals surface area contributed by atoms with Gasteiger partial charge in [0.15, 0.2) is 0 Å². The van der Waals surface area contributed by atoms with Gasteiger partial charge in [-0.25, -0.2) is 15.0 Å². The molecule has 1 aromatic carbocycles. The van der Waals surface area contributed by atoms with E-state index in [1.54, 1.807) is 12.5 Å². The lowest BCUT2D eigenvalue weighted by molar-refractivity contribution is 0.0974. The fraction of sp³-hybridized carbons (Fsp3) is 0.435. The maximum absolute atomic E-state index is 6.64. The van der Waals surface area contributed by atoms with Crippen LogP contribution in [0, 0.1) is 12.3 Å². The van der Waals surface area contributed by atoms with E-state index in [1.807, 2.05) is 31.3 Å². The summed E-state index contributed by atoms with van der Waals surface area (Å²) in [5.74, 6) is 1.40. The van der Waals surface area contributed by atoms with Crippen molar-refractivity contribution in [1.29, 1.82) is 0 Å². The molecule has 3 aromatic rings. The van der Waals surface area contributed by atoms with E-state index in [-0.39, 0.29) is 17.6 Å². The number of halogens is 1. The van der Waals surface area contributed by atoms with Crippen LogP contribution in [-0.2, 0) is 4.74 Å². The second-order valence-corrected chi connectivity index (χ2v) is 10.1. The largest absolute Gasteiger partial charge is 0.444 e. The summed E-state index contributed by atoms with van der Waals surface area (Å²) in [6.07, 6.45) is 7.42. The molecule has 168 valence electrons. The molecule has 32 heavy (non-hydrogen) atoms. The van der Waals surface area contributed by atoms with Gasteiger partial charge in [-0.2, -0.15) is 0 Å².